The highest BCUT2D eigenvalue weighted by Crippen LogP contribution is 2.24. The van der Waals surface area contributed by atoms with Crippen molar-refractivity contribution in [3.05, 3.63) is 35.7 Å². The van der Waals surface area contributed by atoms with Crippen LogP contribution in [-0.4, -0.2) is 24.7 Å². The molecule has 92 valence electrons. The molecule has 1 rings (SSSR count). The van der Waals surface area contributed by atoms with Crippen molar-refractivity contribution in [2.24, 2.45) is 0 Å². The van der Waals surface area contributed by atoms with E-state index < -0.39 is 5.97 Å². The average Bonchev–Trinajstić information content (AvgIpc) is 2.26. The van der Waals surface area contributed by atoms with Crippen molar-refractivity contribution in [3.63, 3.8) is 0 Å². The Hall–Kier alpha value is -2.04. The van der Waals surface area contributed by atoms with E-state index in [4.69, 9.17) is 9.84 Å². The van der Waals surface area contributed by atoms with Crippen LogP contribution in [0.2, 0.25) is 0 Å². The maximum atomic E-state index is 12.9. The molecule has 0 fully saturated rings. The molecule has 5 heteroatoms. The number of carboxylic acid groups (broad SMARTS) is 1. The Kier molecular flexibility index (Phi) is 4.51. The summed E-state index contributed by atoms with van der Waals surface area (Å²) in [6.45, 7) is 2.05. The minimum atomic E-state index is -0.990. The van der Waals surface area contributed by atoms with Gasteiger partial charge in [0.15, 0.2) is 0 Å². The zero-order chi connectivity index (χ0) is 12.8. The lowest BCUT2D eigenvalue weighted by Crippen LogP contribution is -2.06. The number of hydrogen-bond donors (Lipinski definition) is 2. The minimum Gasteiger partial charge on any atom is -0.494 e. The summed E-state index contributed by atoms with van der Waals surface area (Å²) in [6, 6.07) is 4.11. The Balaban J connectivity index is 2.72. The van der Waals surface area contributed by atoms with Gasteiger partial charge in [0.25, 0.3) is 0 Å². The van der Waals surface area contributed by atoms with Crippen LogP contribution in [0.1, 0.15) is 6.92 Å². The van der Waals surface area contributed by atoms with Crippen molar-refractivity contribution in [2.75, 3.05) is 19.0 Å². The standard InChI is InChI=1S/C12H14FNO3/c1-8(5-12(15)16)7-14-10-4-3-9(13)6-11(10)17-2/h3-6,14H,7H2,1-2H3,(H,15,16)/b8-5+. The number of carboxylic acids is 1. The van der Waals surface area contributed by atoms with Crippen LogP contribution in [0.3, 0.4) is 0 Å². The van der Waals surface area contributed by atoms with Gasteiger partial charge >= 0.3 is 5.97 Å². The van der Waals surface area contributed by atoms with Crippen LogP contribution in [0.25, 0.3) is 0 Å². The number of aliphatic carboxylic acids is 1. The predicted octanol–water partition coefficient (Wildman–Crippen LogP) is 2.28. The van der Waals surface area contributed by atoms with Crippen molar-refractivity contribution < 1.29 is 19.0 Å². The van der Waals surface area contributed by atoms with Crippen LogP contribution >= 0.6 is 0 Å². The third-order valence-electron chi connectivity index (χ3n) is 2.09. The second kappa shape index (κ2) is 5.89. The second-order valence-electron chi connectivity index (χ2n) is 3.53. The van der Waals surface area contributed by atoms with E-state index in [1.807, 2.05) is 0 Å². The third kappa shape index (κ3) is 4.14. The lowest BCUT2D eigenvalue weighted by molar-refractivity contribution is -0.131. The fourth-order valence-electron chi connectivity index (χ4n) is 1.31. The summed E-state index contributed by atoms with van der Waals surface area (Å²) in [5, 5.41) is 11.5. The smallest absolute Gasteiger partial charge is 0.328 e. The number of benzene rings is 1. The fourth-order valence-corrected chi connectivity index (χ4v) is 1.31. The van der Waals surface area contributed by atoms with Gasteiger partial charge in [-0.15, -0.1) is 0 Å². The monoisotopic (exact) mass is 239 g/mol. The van der Waals surface area contributed by atoms with E-state index in [-0.39, 0.29) is 5.82 Å². The molecule has 0 spiro atoms. The Bertz CT molecular complexity index is 443. The number of halogens is 1. The van der Waals surface area contributed by atoms with E-state index in [1.54, 1.807) is 13.0 Å². The molecule has 0 unspecified atom stereocenters. The first-order valence-electron chi connectivity index (χ1n) is 5.00. The Morgan fingerprint density at radius 1 is 1.59 bits per heavy atom. The number of rotatable bonds is 5. The highest BCUT2D eigenvalue weighted by atomic mass is 19.1. The van der Waals surface area contributed by atoms with Gasteiger partial charge in [0.2, 0.25) is 0 Å². The number of anilines is 1. The van der Waals surface area contributed by atoms with Gasteiger partial charge in [-0.05, 0) is 24.6 Å². The van der Waals surface area contributed by atoms with Gasteiger partial charge in [0.05, 0.1) is 12.8 Å². The number of hydrogen-bond acceptors (Lipinski definition) is 3. The van der Waals surface area contributed by atoms with E-state index in [0.717, 1.165) is 6.08 Å². The molecule has 0 saturated carbocycles. The van der Waals surface area contributed by atoms with Gasteiger partial charge in [-0.3, -0.25) is 0 Å². The minimum absolute atomic E-state index is 0.355. The van der Waals surface area contributed by atoms with Crippen LogP contribution in [0.4, 0.5) is 10.1 Å². The van der Waals surface area contributed by atoms with E-state index in [1.165, 1.54) is 19.2 Å². The van der Waals surface area contributed by atoms with E-state index >= 15 is 0 Å². The molecule has 0 aliphatic rings. The average molecular weight is 239 g/mol. The summed E-state index contributed by atoms with van der Waals surface area (Å²) < 4.78 is 17.9. The molecule has 0 aliphatic carbocycles. The van der Waals surface area contributed by atoms with E-state index in [2.05, 4.69) is 5.32 Å². The van der Waals surface area contributed by atoms with Crippen LogP contribution < -0.4 is 10.1 Å². The maximum absolute atomic E-state index is 12.9. The molecule has 1 aromatic rings. The molecular formula is C12H14FNO3. The fraction of sp³-hybridized carbons (Fsp3) is 0.250. The van der Waals surface area contributed by atoms with Crippen molar-refractivity contribution in [2.45, 2.75) is 6.92 Å². The van der Waals surface area contributed by atoms with Crippen molar-refractivity contribution in [1.29, 1.82) is 0 Å². The summed E-state index contributed by atoms with van der Waals surface area (Å²) in [5.41, 5.74) is 1.27. The molecular weight excluding hydrogens is 225 g/mol. The maximum Gasteiger partial charge on any atom is 0.328 e. The number of carbonyl (C=O) groups is 1. The summed E-state index contributed by atoms with van der Waals surface area (Å²) in [4.78, 5) is 10.4. The van der Waals surface area contributed by atoms with Gasteiger partial charge in [-0.25, -0.2) is 9.18 Å². The normalized spacial score (nSPS) is 11.1. The summed E-state index contributed by atoms with van der Waals surface area (Å²) in [5.74, 6) is -0.992. The Labute approximate surface area is 98.7 Å². The SMILES string of the molecule is COc1cc(F)ccc1NC/C(C)=C/C(=O)O. The van der Waals surface area contributed by atoms with Gasteiger partial charge in [-0.2, -0.15) is 0 Å². The molecule has 0 atom stereocenters. The second-order valence-corrected chi connectivity index (χ2v) is 3.53. The lowest BCUT2D eigenvalue weighted by atomic mass is 10.2. The number of ether oxygens (including phenoxy) is 1. The molecule has 0 bridgehead atoms. The first kappa shape index (κ1) is 13.0. The predicted molar refractivity (Wildman–Crippen MR) is 62.8 cm³/mol. The molecule has 0 aliphatic heterocycles. The largest absolute Gasteiger partial charge is 0.494 e. The van der Waals surface area contributed by atoms with Gasteiger partial charge in [-0.1, -0.05) is 0 Å². The van der Waals surface area contributed by atoms with Crippen molar-refractivity contribution in [1.82, 2.24) is 0 Å². The summed E-state index contributed by atoms with van der Waals surface area (Å²) >= 11 is 0. The molecule has 0 saturated heterocycles. The lowest BCUT2D eigenvalue weighted by Gasteiger charge is -2.11. The molecule has 0 aromatic heterocycles. The van der Waals surface area contributed by atoms with Crippen LogP contribution in [0.15, 0.2) is 29.8 Å². The van der Waals surface area contributed by atoms with Crippen LogP contribution in [0, 0.1) is 5.82 Å². The van der Waals surface area contributed by atoms with Crippen molar-refractivity contribution in [3.8, 4) is 5.75 Å². The van der Waals surface area contributed by atoms with Gasteiger partial charge < -0.3 is 15.2 Å². The summed E-state index contributed by atoms with van der Waals surface area (Å²) in [6.07, 6.45) is 1.11. The Morgan fingerprint density at radius 2 is 2.29 bits per heavy atom. The first-order valence-corrected chi connectivity index (χ1v) is 5.00. The van der Waals surface area contributed by atoms with E-state index in [9.17, 15) is 9.18 Å². The third-order valence-corrected chi connectivity index (χ3v) is 2.09. The summed E-state index contributed by atoms with van der Waals surface area (Å²) in [7, 11) is 1.44. The highest BCUT2D eigenvalue weighted by Gasteiger charge is 2.04. The number of methoxy groups -OCH3 is 1. The molecule has 1 aromatic carbocycles. The molecule has 17 heavy (non-hydrogen) atoms. The molecule has 0 amide bonds. The zero-order valence-electron chi connectivity index (χ0n) is 9.66. The molecule has 0 heterocycles. The van der Waals surface area contributed by atoms with E-state index in [0.29, 0.717) is 23.6 Å². The van der Waals surface area contributed by atoms with Gasteiger partial charge in [0, 0.05) is 18.7 Å². The Morgan fingerprint density at radius 3 is 2.88 bits per heavy atom. The quantitative estimate of drug-likeness (QED) is 0.774. The highest BCUT2D eigenvalue weighted by molar-refractivity contribution is 5.80. The van der Waals surface area contributed by atoms with Crippen LogP contribution in [0.5, 0.6) is 5.75 Å². The first-order chi connectivity index (χ1) is 8.02. The van der Waals surface area contributed by atoms with Crippen molar-refractivity contribution >= 4 is 11.7 Å². The van der Waals surface area contributed by atoms with Gasteiger partial charge in [0.1, 0.15) is 11.6 Å². The molecule has 2 N–H and O–H groups in total. The van der Waals surface area contributed by atoms with Crippen LogP contribution in [-0.2, 0) is 4.79 Å². The molecule has 0 radical (unpaired) electrons. The topological polar surface area (TPSA) is 58.6 Å². The zero-order valence-corrected chi connectivity index (χ0v) is 9.66. The molecule has 4 nitrogen and oxygen atoms in total. The number of nitrogens with one attached hydrogen (secondary N) is 1.